The Morgan fingerprint density at radius 3 is 1.61 bits per heavy atom. The fraction of sp³-hybridized carbons (Fsp3) is 0.821. The van der Waals surface area contributed by atoms with Gasteiger partial charge in [-0.1, -0.05) is 18.6 Å². The Hall–Kier alpha value is -3.31. The molecule has 0 saturated carbocycles. The zero-order valence-corrected chi connectivity index (χ0v) is 34.7. The quantitative estimate of drug-likeness (QED) is 0.0182. The number of hydroxylamine groups is 6. The van der Waals surface area contributed by atoms with Gasteiger partial charge in [-0.2, -0.15) is 0 Å². The summed E-state index contributed by atoms with van der Waals surface area (Å²) in [6.07, 6.45) is 6.93. The van der Waals surface area contributed by atoms with Crippen molar-refractivity contribution in [3.05, 3.63) is 12.2 Å². The number of hydrogen-bond donors (Lipinski definition) is 11. The maximum absolute atomic E-state index is 12.2. The van der Waals surface area contributed by atoms with Crippen LogP contribution in [0.25, 0.3) is 0 Å². The van der Waals surface area contributed by atoms with Gasteiger partial charge in [-0.15, -0.1) is 0 Å². The summed E-state index contributed by atoms with van der Waals surface area (Å²) in [6.45, 7) is 2.72. The van der Waals surface area contributed by atoms with Crippen LogP contribution < -0.4 is 16.0 Å². The van der Waals surface area contributed by atoms with Crippen molar-refractivity contribution in [2.45, 2.75) is 153 Å². The second-order valence-corrected chi connectivity index (χ2v) is 15.1. The third-order valence-electron chi connectivity index (χ3n) is 9.70. The van der Waals surface area contributed by atoms with Gasteiger partial charge in [0.2, 0.25) is 35.3 Å². The zero-order chi connectivity index (χ0) is 44.1. The summed E-state index contributed by atoms with van der Waals surface area (Å²) < 4.78 is 5.07. The molecule has 1 heterocycles. The van der Waals surface area contributed by atoms with E-state index in [1.807, 2.05) is 12.2 Å². The number of carbonyl (C=O) groups is 5. The molecule has 20 heteroatoms. The van der Waals surface area contributed by atoms with E-state index in [-0.39, 0.29) is 88.7 Å². The highest BCUT2D eigenvalue weighted by atomic mass is 16.6. The maximum atomic E-state index is 12.2. The van der Waals surface area contributed by atoms with Crippen LogP contribution >= 0.6 is 0 Å². The van der Waals surface area contributed by atoms with Crippen LogP contribution in [0.5, 0.6) is 0 Å². The molecule has 59 heavy (non-hydrogen) atoms. The highest BCUT2D eigenvalue weighted by Gasteiger charge is 2.48. The van der Waals surface area contributed by atoms with Crippen LogP contribution in [0.15, 0.2) is 12.2 Å². The lowest BCUT2D eigenvalue weighted by Crippen LogP contribution is -2.64. The molecular weight excluding hydrogens is 776 g/mol. The molecule has 0 bridgehead atoms. The number of ether oxygens (including phenoxy) is 1. The first kappa shape index (κ1) is 53.7. The van der Waals surface area contributed by atoms with Gasteiger partial charge in [-0.05, 0) is 90.5 Å². The maximum Gasteiger partial charge on any atom is 0.246 e. The average Bonchev–Trinajstić information content (AvgIpc) is 3.20. The lowest BCUT2D eigenvalue weighted by atomic mass is 9.97. The van der Waals surface area contributed by atoms with Crippen LogP contribution in [0.4, 0.5) is 0 Å². The molecule has 342 valence electrons. The summed E-state index contributed by atoms with van der Waals surface area (Å²) in [5.41, 5.74) is 0. The van der Waals surface area contributed by atoms with Crippen LogP contribution in [0.2, 0.25) is 0 Å². The Labute approximate surface area is 347 Å². The Bertz CT molecular complexity index is 1250. The van der Waals surface area contributed by atoms with Gasteiger partial charge in [0, 0.05) is 64.8 Å². The third kappa shape index (κ3) is 25.2. The number of nitrogens with zero attached hydrogens (tertiary/aromatic N) is 3. The highest BCUT2D eigenvalue weighted by Crippen LogP contribution is 2.23. The summed E-state index contributed by atoms with van der Waals surface area (Å²) in [7, 11) is 0. The molecule has 1 rings (SSSR count). The highest BCUT2D eigenvalue weighted by molar-refractivity contribution is 5.83. The van der Waals surface area contributed by atoms with Crippen LogP contribution in [0.3, 0.4) is 0 Å². The number of allylic oxidation sites excluding steroid dienone is 2. The molecule has 5 atom stereocenters. The van der Waals surface area contributed by atoms with Crippen molar-refractivity contribution in [2.75, 3.05) is 52.4 Å². The van der Waals surface area contributed by atoms with Crippen molar-refractivity contribution in [1.82, 2.24) is 31.1 Å². The molecule has 1 aliphatic heterocycles. The van der Waals surface area contributed by atoms with E-state index >= 15 is 0 Å². The summed E-state index contributed by atoms with van der Waals surface area (Å²) in [5, 5.41) is 88.8. The number of hydrogen-bond acceptors (Lipinski definition) is 15. The van der Waals surface area contributed by atoms with Gasteiger partial charge in [0.05, 0.1) is 19.3 Å². The van der Waals surface area contributed by atoms with E-state index in [1.165, 1.54) is 0 Å². The molecule has 1 saturated heterocycles. The molecule has 0 aromatic carbocycles. The lowest BCUT2D eigenvalue weighted by Gasteiger charge is -2.41. The number of unbranched alkanes of at least 4 members (excludes halogenated alkanes) is 7. The van der Waals surface area contributed by atoms with Crippen molar-refractivity contribution in [3.8, 4) is 0 Å². The predicted molar refractivity (Wildman–Crippen MR) is 212 cm³/mol. The zero-order valence-electron chi connectivity index (χ0n) is 34.7. The number of rotatable bonds is 33. The molecule has 11 N–H and O–H groups in total. The number of carbonyl (C=O) groups excluding carboxylic acids is 5. The SMILES string of the molecule is CC(O)CCC/C=C\CCC(=O)N(O)CCCCCNC(=O)CCC(=O)N(O)CCCCCNC(=O)CCC(=O)N(O)CCCCCNCC1(O)OC[C@@H](O)[C@@H](O)[C@@H]1O. The molecule has 2 unspecified atom stereocenters. The van der Waals surface area contributed by atoms with Crippen molar-refractivity contribution in [1.29, 1.82) is 0 Å². The summed E-state index contributed by atoms with van der Waals surface area (Å²) in [5.74, 6) is -4.25. The van der Waals surface area contributed by atoms with E-state index in [0.717, 1.165) is 24.3 Å². The topological polar surface area (TPSA) is 302 Å². The Morgan fingerprint density at radius 1 is 0.661 bits per heavy atom. The first-order chi connectivity index (χ1) is 28.1. The number of aliphatic hydroxyl groups is 5. The van der Waals surface area contributed by atoms with E-state index in [0.29, 0.717) is 94.0 Å². The van der Waals surface area contributed by atoms with Gasteiger partial charge in [-0.3, -0.25) is 39.6 Å². The largest absolute Gasteiger partial charge is 0.393 e. The molecule has 0 aromatic rings. The van der Waals surface area contributed by atoms with E-state index in [9.17, 15) is 65.1 Å². The minimum Gasteiger partial charge on any atom is -0.393 e. The normalized spacial score (nSPS) is 19.6. The standard InChI is InChI=1S/C39H72N6O14/c1-30(46)16-8-3-2-4-9-17-34(50)43(56)25-14-6-11-23-41-33(49)19-21-36(52)45(58)27-15-7-12-24-42-32(48)18-20-35(51)44(57)26-13-5-10-22-40-29-39(55)38(54)37(53)31(47)28-59-39/h2,4,30-31,37-38,40,46-47,53-58H,3,5-29H2,1H3,(H,41,49)(H,42,48)/b4-2-/t30?,31-,37-,38+,39?/m1/s1. The van der Waals surface area contributed by atoms with E-state index < -0.39 is 35.9 Å². The molecule has 20 nitrogen and oxygen atoms in total. The molecule has 5 amide bonds. The van der Waals surface area contributed by atoms with Gasteiger partial charge in [-0.25, -0.2) is 15.2 Å². The van der Waals surface area contributed by atoms with Crippen LogP contribution in [0.1, 0.15) is 122 Å². The van der Waals surface area contributed by atoms with E-state index in [4.69, 9.17) is 4.74 Å². The lowest BCUT2D eigenvalue weighted by molar-refractivity contribution is -0.317. The van der Waals surface area contributed by atoms with Crippen LogP contribution in [0, 0.1) is 0 Å². The Balaban J connectivity index is 2.00. The van der Waals surface area contributed by atoms with Gasteiger partial charge >= 0.3 is 0 Å². The summed E-state index contributed by atoms with van der Waals surface area (Å²) in [4.78, 5) is 60.6. The predicted octanol–water partition coefficient (Wildman–Crippen LogP) is 0.222. The van der Waals surface area contributed by atoms with Gasteiger partial charge in [0.15, 0.2) is 0 Å². The summed E-state index contributed by atoms with van der Waals surface area (Å²) >= 11 is 0. The second kappa shape index (κ2) is 31.5. The van der Waals surface area contributed by atoms with Gasteiger partial charge in [0.1, 0.15) is 18.3 Å². The number of nitrogens with one attached hydrogen (secondary N) is 3. The average molecular weight is 849 g/mol. The fourth-order valence-corrected chi connectivity index (χ4v) is 5.94. The fourth-order valence-electron chi connectivity index (χ4n) is 5.94. The van der Waals surface area contributed by atoms with Gasteiger partial charge < -0.3 is 46.2 Å². The Kier molecular flexibility index (Phi) is 28.7. The monoisotopic (exact) mass is 849 g/mol. The van der Waals surface area contributed by atoms with E-state index in [1.54, 1.807) is 6.92 Å². The minimum atomic E-state index is -2.03. The number of aliphatic hydroxyl groups excluding tert-OH is 4. The van der Waals surface area contributed by atoms with Crippen molar-refractivity contribution >= 4 is 29.5 Å². The first-order valence-electron chi connectivity index (χ1n) is 21.0. The molecule has 0 radical (unpaired) electrons. The van der Waals surface area contributed by atoms with E-state index in [2.05, 4.69) is 16.0 Å². The molecule has 1 aliphatic rings. The molecule has 1 fully saturated rings. The van der Waals surface area contributed by atoms with Crippen LogP contribution in [-0.2, 0) is 28.7 Å². The molecule has 0 aromatic heterocycles. The van der Waals surface area contributed by atoms with Gasteiger partial charge in [0.25, 0.3) is 0 Å². The minimum absolute atomic E-state index is 0.0663. The second-order valence-electron chi connectivity index (χ2n) is 15.1. The first-order valence-corrected chi connectivity index (χ1v) is 21.0. The smallest absolute Gasteiger partial charge is 0.246 e. The number of amides is 5. The molecule has 0 spiro atoms. The molecular formula is C39H72N6O14. The summed E-state index contributed by atoms with van der Waals surface area (Å²) in [6, 6.07) is 0. The molecule has 0 aliphatic carbocycles. The Morgan fingerprint density at radius 2 is 1.12 bits per heavy atom. The third-order valence-corrected chi connectivity index (χ3v) is 9.70. The van der Waals surface area contributed by atoms with Crippen LogP contribution in [-0.4, -0.2) is 169 Å². The van der Waals surface area contributed by atoms with Crippen molar-refractivity contribution in [3.63, 3.8) is 0 Å². The van der Waals surface area contributed by atoms with Crippen molar-refractivity contribution < 1.29 is 69.9 Å². The van der Waals surface area contributed by atoms with Crippen molar-refractivity contribution in [2.24, 2.45) is 0 Å².